The molecular weight excluding hydrogens is 200 g/mol. The van der Waals surface area contributed by atoms with Gasteiger partial charge in [0.1, 0.15) is 0 Å². The number of carbonyl (C=O) groups is 1. The summed E-state index contributed by atoms with van der Waals surface area (Å²) in [6, 6.07) is 0.810. The third-order valence-electron chi connectivity index (χ3n) is 3.54. The van der Waals surface area contributed by atoms with E-state index in [1.165, 1.54) is 12.8 Å². The zero-order valence-corrected chi connectivity index (χ0v) is 11.3. The minimum atomic E-state index is 0.0768. The summed E-state index contributed by atoms with van der Waals surface area (Å²) in [6.07, 6.45) is 2.46. The number of amides is 1. The summed E-state index contributed by atoms with van der Waals surface area (Å²) >= 11 is 0. The minimum absolute atomic E-state index is 0.0768. The topological polar surface area (TPSA) is 32.3 Å². The first-order valence-corrected chi connectivity index (χ1v) is 6.44. The summed E-state index contributed by atoms with van der Waals surface area (Å²) in [5.74, 6) is 0.750. The Morgan fingerprint density at radius 1 is 1.31 bits per heavy atom. The predicted octanol–water partition coefficient (Wildman–Crippen LogP) is 1.88. The third kappa shape index (κ3) is 3.21. The number of likely N-dealkylation sites (tertiary alicyclic amines) is 1. The smallest absolute Gasteiger partial charge is 0.222 e. The van der Waals surface area contributed by atoms with Crippen LogP contribution in [0.15, 0.2) is 0 Å². The Morgan fingerprint density at radius 2 is 1.94 bits per heavy atom. The van der Waals surface area contributed by atoms with E-state index in [4.69, 9.17) is 0 Å². The second kappa shape index (κ2) is 5.67. The van der Waals surface area contributed by atoms with Crippen LogP contribution in [0.25, 0.3) is 0 Å². The molecule has 0 aromatic heterocycles. The number of carbonyl (C=O) groups excluding carboxylic acids is 1. The molecule has 16 heavy (non-hydrogen) atoms. The molecule has 0 unspecified atom stereocenters. The van der Waals surface area contributed by atoms with E-state index in [2.05, 4.69) is 31.1 Å². The van der Waals surface area contributed by atoms with Gasteiger partial charge in [-0.25, -0.2) is 0 Å². The Morgan fingerprint density at radius 3 is 2.31 bits per heavy atom. The molecule has 1 aliphatic heterocycles. The second-order valence-electron chi connectivity index (χ2n) is 5.62. The van der Waals surface area contributed by atoms with Crippen molar-refractivity contribution in [3.8, 4) is 0 Å². The lowest BCUT2D eigenvalue weighted by Gasteiger charge is -2.33. The number of rotatable bonds is 4. The van der Waals surface area contributed by atoms with Crippen molar-refractivity contribution in [1.29, 1.82) is 0 Å². The van der Waals surface area contributed by atoms with Gasteiger partial charge in [-0.05, 0) is 32.4 Å². The van der Waals surface area contributed by atoms with Gasteiger partial charge in [-0.1, -0.05) is 27.7 Å². The van der Waals surface area contributed by atoms with Crippen LogP contribution in [0.1, 0.15) is 40.5 Å². The molecule has 1 amide bonds. The van der Waals surface area contributed by atoms with Crippen molar-refractivity contribution in [1.82, 2.24) is 10.2 Å². The molecule has 0 aliphatic carbocycles. The Kier molecular flexibility index (Phi) is 4.78. The van der Waals surface area contributed by atoms with Gasteiger partial charge < -0.3 is 10.2 Å². The van der Waals surface area contributed by atoms with Crippen molar-refractivity contribution >= 4 is 5.91 Å². The molecule has 2 atom stereocenters. The van der Waals surface area contributed by atoms with Crippen molar-refractivity contribution in [2.75, 3.05) is 13.6 Å². The standard InChI is InChI=1S/C13H26N2O/c1-9(2)12(14-13(16)10(3)4)11-7-6-8-15(11)5/h9-12H,6-8H2,1-5H3,(H,14,16)/t11-,12-/m0/s1. The van der Waals surface area contributed by atoms with Crippen molar-refractivity contribution < 1.29 is 4.79 Å². The zero-order valence-electron chi connectivity index (χ0n) is 11.3. The molecule has 0 radical (unpaired) electrons. The highest BCUT2D eigenvalue weighted by molar-refractivity contribution is 5.78. The third-order valence-corrected chi connectivity index (χ3v) is 3.54. The van der Waals surface area contributed by atoms with Crippen molar-refractivity contribution in [3.05, 3.63) is 0 Å². The molecule has 1 aliphatic rings. The maximum atomic E-state index is 11.8. The van der Waals surface area contributed by atoms with Gasteiger partial charge in [0, 0.05) is 18.0 Å². The fourth-order valence-electron chi connectivity index (χ4n) is 2.43. The number of nitrogens with one attached hydrogen (secondary N) is 1. The van der Waals surface area contributed by atoms with Crippen LogP contribution in [-0.2, 0) is 4.79 Å². The number of likely N-dealkylation sites (N-methyl/N-ethyl adjacent to an activating group) is 1. The van der Waals surface area contributed by atoms with Gasteiger partial charge in [0.15, 0.2) is 0 Å². The Labute approximate surface area is 99.6 Å². The molecule has 1 N–H and O–H groups in total. The summed E-state index contributed by atoms with van der Waals surface area (Å²) in [5, 5.41) is 3.21. The lowest BCUT2D eigenvalue weighted by atomic mass is 9.94. The lowest BCUT2D eigenvalue weighted by molar-refractivity contribution is -0.125. The van der Waals surface area contributed by atoms with Gasteiger partial charge in [-0.2, -0.15) is 0 Å². The predicted molar refractivity (Wildman–Crippen MR) is 67.3 cm³/mol. The molecule has 1 heterocycles. The maximum absolute atomic E-state index is 11.8. The average Bonchev–Trinajstić information content (AvgIpc) is 2.59. The molecule has 3 nitrogen and oxygen atoms in total. The monoisotopic (exact) mass is 226 g/mol. The van der Waals surface area contributed by atoms with Gasteiger partial charge in [0.25, 0.3) is 0 Å². The Hall–Kier alpha value is -0.570. The molecule has 94 valence electrons. The first kappa shape index (κ1) is 13.5. The molecule has 1 rings (SSSR count). The second-order valence-corrected chi connectivity index (χ2v) is 5.62. The summed E-state index contributed by atoms with van der Waals surface area (Å²) in [5.41, 5.74) is 0. The highest BCUT2D eigenvalue weighted by Crippen LogP contribution is 2.22. The van der Waals surface area contributed by atoms with Crippen molar-refractivity contribution in [3.63, 3.8) is 0 Å². The van der Waals surface area contributed by atoms with Crippen molar-refractivity contribution in [2.45, 2.75) is 52.6 Å². The zero-order chi connectivity index (χ0) is 12.3. The minimum Gasteiger partial charge on any atom is -0.351 e. The fourth-order valence-corrected chi connectivity index (χ4v) is 2.43. The Bertz CT molecular complexity index is 238. The molecule has 0 bridgehead atoms. The fraction of sp³-hybridized carbons (Fsp3) is 0.923. The largest absolute Gasteiger partial charge is 0.351 e. The van der Waals surface area contributed by atoms with E-state index >= 15 is 0 Å². The van der Waals surface area contributed by atoms with Gasteiger partial charge in [0.2, 0.25) is 5.91 Å². The molecule has 1 fully saturated rings. The van der Waals surface area contributed by atoms with Crippen LogP contribution in [0.5, 0.6) is 0 Å². The van der Waals surface area contributed by atoms with Crippen LogP contribution in [-0.4, -0.2) is 36.5 Å². The molecule has 0 spiro atoms. The Balaban J connectivity index is 2.64. The van der Waals surface area contributed by atoms with E-state index in [0.717, 1.165) is 6.54 Å². The number of nitrogens with zero attached hydrogens (tertiary/aromatic N) is 1. The van der Waals surface area contributed by atoms with Gasteiger partial charge >= 0.3 is 0 Å². The van der Waals surface area contributed by atoms with E-state index in [0.29, 0.717) is 18.0 Å². The number of hydrogen-bond acceptors (Lipinski definition) is 2. The molecule has 0 aromatic rings. The van der Waals surface area contributed by atoms with Crippen LogP contribution < -0.4 is 5.32 Å². The molecule has 3 heteroatoms. The van der Waals surface area contributed by atoms with Gasteiger partial charge in [-0.15, -0.1) is 0 Å². The summed E-state index contributed by atoms with van der Waals surface area (Å²) in [4.78, 5) is 14.2. The van der Waals surface area contributed by atoms with E-state index in [9.17, 15) is 4.79 Å². The van der Waals surface area contributed by atoms with Crippen LogP contribution in [0.3, 0.4) is 0 Å². The van der Waals surface area contributed by atoms with E-state index in [1.807, 2.05) is 13.8 Å². The first-order valence-electron chi connectivity index (χ1n) is 6.44. The van der Waals surface area contributed by atoms with Gasteiger partial charge in [0.05, 0.1) is 0 Å². The summed E-state index contributed by atoms with van der Waals surface area (Å²) in [6.45, 7) is 9.44. The van der Waals surface area contributed by atoms with Crippen LogP contribution in [0.4, 0.5) is 0 Å². The SMILES string of the molecule is CC(C)C(=O)N[C@@H](C(C)C)[C@@H]1CCCN1C. The first-order chi connectivity index (χ1) is 7.43. The molecule has 1 saturated heterocycles. The quantitative estimate of drug-likeness (QED) is 0.794. The van der Waals surface area contributed by atoms with E-state index in [1.54, 1.807) is 0 Å². The lowest BCUT2D eigenvalue weighted by Crippen LogP contribution is -2.51. The highest BCUT2D eigenvalue weighted by atomic mass is 16.1. The number of hydrogen-bond donors (Lipinski definition) is 1. The molecule has 0 saturated carbocycles. The van der Waals surface area contributed by atoms with Crippen LogP contribution >= 0.6 is 0 Å². The van der Waals surface area contributed by atoms with Gasteiger partial charge in [-0.3, -0.25) is 4.79 Å². The van der Waals surface area contributed by atoms with E-state index in [-0.39, 0.29) is 11.8 Å². The molecule has 0 aromatic carbocycles. The summed E-state index contributed by atoms with van der Waals surface area (Å²) < 4.78 is 0. The van der Waals surface area contributed by atoms with Crippen LogP contribution in [0.2, 0.25) is 0 Å². The molecular formula is C13H26N2O. The maximum Gasteiger partial charge on any atom is 0.222 e. The van der Waals surface area contributed by atoms with E-state index < -0.39 is 0 Å². The normalized spacial score (nSPS) is 24.1. The van der Waals surface area contributed by atoms with Crippen molar-refractivity contribution in [2.24, 2.45) is 11.8 Å². The highest BCUT2D eigenvalue weighted by Gasteiger charge is 2.32. The summed E-state index contributed by atoms with van der Waals surface area (Å²) in [7, 11) is 2.16. The average molecular weight is 226 g/mol. The van der Waals surface area contributed by atoms with Crippen LogP contribution in [0, 0.1) is 11.8 Å².